The van der Waals surface area contributed by atoms with Crippen molar-refractivity contribution in [2.24, 2.45) is 0 Å². The molecule has 0 atom stereocenters. The van der Waals surface area contributed by atoms with Gasteiger partial charge in [-0.15, -0.1) is 10.2 Å². The lowest BCUT2D eigenvalue weighted by molar-refractivity contribution is -0.113. The molecule has 1 heterocycles. The molecule has 0 unspecified atom stereocenters. The van der Waals surface area contributed by atoms with Gasteiger partial charge in [0.1, 0.15) is 6.33 Å². The van der Waals surface area contributed by atoms with E-state index in [1.54, 1.807) is 30.6 Å². The van der Waals surface area contributed by atoms with Gasteiger partial charge in [-0.2, -0.15) is 0 Å². The number of ketones is 1. The van der Waals surface area contributed by atoms with Crippen LogP contribution in [0.2, 0.25) is 0 Å². The van der Waals surface area contributed by atoms with Gasteiger partial charge in [0.25, 0.3) is 0 Å². The molecule has 0 fully saturated rings. The number of carbonyl (C=O) groups is 2. The van der Waals surface area contributed by atoms with Crippen LogP contribution < -0.4 is 5.32 Å². The van der Waals surface area contributed by atoms with Gasteiger partial charge in [0.2, 0.25) is 5.91 Å². The van der Waals surface area contributed by atoms with Crippen molar-refractivity contribution in [1.82, 2.24) is 14.8 Å². The molecule has 0 spiro atoms. The summed E-state index contributed by atoms with van der Waals surface area (Å²) in [6.45, 7) is 4.55. The van der Waals surface area contributed by atoms with Gasteiger partial charge in [-0.05, 0) is 37.6 Å². The third kappa shape index (κ3) is 5.49. The Morgan fingerprint density at radius 2 is 1.96 bits per heavy atom. The van der Waals surface area contributed by atoms with Crippen molar-refractivity contribution in [2.45, 2.75) is 44.8 Å². The number of thioether (sulfide) groups is 1. The van der Waals surface area contributed by atoms with Gasteiger partial charge in [-0.1, -0.05) is 31.5 Å². The minimum Gasteiger partial charge on any atom is -0.325 e. The largest absolute Gasteiger partial charge is 0.325 e. The number of benzene rings is 1. The van der Waals surface area contributed by atoms with Crippen LogP contribution in [0.4, 0.5) is 5.69 Å². The first kappa shape index (κ1) is 18.2. The lowest BCUT2D eigenvalue weighted by Crippen LogP contribution is -2.14. The van der Waals surface area contributed by atoms with Crippen molar-refractivity contribution in [3.05, 3.63) is 36.2 Å². The van der Waals surface area contributed by atoms with Crippen molar-refractivity contribution in [3.8, 4) is 0 Å². The van der Waals surface area contributed by atoms with E-state index in [1.807, 2.05) is 4.57 Å². The monoisotopic (exact) mass is 346 g/mol. The van der Waals surface area contributed by atoms with E-state index in [9.17, 15) is 9.59 Å². The van der Waals surface area contributed by atoms with Crippen molar-refractivity contribution in [2.75, 3.05) is 11.1 Å². The van der Waals surface area contributed by atoms with Gasteiger partial charge < -0.3 is 9.88 Å². The molecular weight excluding hydrogens is 324 g/mol. The summed E-state index contributed by atoms with van der Waals surface area (Å²) in [5, 5.41) is 11.6. The number of carbonyl (C=O) groups excluding carboxylic acids is 2. The third-order valence-corrected chi connectivity index (χ3v) is 4.47. The molecule has 128 valence electrons. The van der Waals surface area contributed by atoms with Crippen LogP contribution >= 0.6 is 11.8 Å². The first-order valence-electron chi connectivity index (χ1n) is 8.01. The Morgan fingerprint density at radius 1 is 1.21 bits per heavy atom. The van der Waals surface area contributed by atoms with Crippen LogP contribution in [-0.2, 0) is 11.3 Å². The van der Waals surface area contributed by atoms with Gasteiger partial charge in [-0.25, -0.2) is 0 Å². The molecule has 0 aliphatic heterocycles. The molecule has 0 aliphatic carbocycles. The molecule has 7 heteroatoms. The fourth-order valence-electron chi connectivity index (χ4n) is 2.16. The summed E-state index contributed by atoms with van der Waals surface area (Å²) in [6.07, 6.45) is 5.11. The number of amides is 1. The molecule has 1 aromatic carbocycles. The minimum atomic E-state index is -0.112. The van der Waals surface area contributed by atoms with Gasteiger partial charge in [-0.3, -0.25) is 9.59 Å². The van der Waals surface area contributed by atoms with E-state index >= 15 is 0 Å². The molecule has 1 amide bonds. The number of nitrogens with zero attached hydrogens (tertiary/aromatic N) is 3. The maximum atomic E-state index is 12.0. The average Bonchev–Trinajstić information content (AvgIpc) is 3.01. The zero-order chi connectivity index (χ0) is 17.4. The Morgan fingerprint density at radius 3 is 2.62 bits per heavy atom. The third-order valence-electron chi connectivity index (χ3n) is 3.49. The topological polar surface area (TPSA) is 76.9 Å². The quantitative estimate of drug-likeness (QED) is 0.428. The number of rotatable bonds is 9. The van der Waals surface area contributed by atoms with E-state index in [2.05, 4.69) is 22.4 Å². The van der Waals surface area contributed by atoms with Crippen LogP contribution in [0.15, 0.2) is 35.7 Å². The Bertz CT molecular complexity index is 682. The molecule has 0 saturated heterocycles. The number of nitrogens with one attached hydrogen (secondary N) is 1. The van der Waals surface area contributed by atoms with Crippen LogP contribution in [0, 0.1) is 0 Å². The SMILES string of the molecule is CCCCCn1cnnc1SCC(=O)Nc1ccc(C(C)=O)cc1. The number of aryl methyl sites for hydroxylation is 1. The maximum absolute atomic E-state index is 12.0. The highest BCUT2D eigenvalue weighted by Gasteiger charge is 2.09. The Hall–Kier alpha value is -2.15. The molecule has 6 nitrogen and oxygen atoms in total. The fourth-order valence-corrected chi connectivity index (χ4v) is 2.90. The summed E-state index contributed by atoms with van der Waals surface area (Å²) in [5.74, 6) is 0.158. The zero-order valence-corrected chi connectivity index (χ0v) is 14.8. The average molecular weight is 346 g/mol. The summed E-state index contributed by atoms with van der Waals surface area (Å²) >= 11 is 1.37. The highest BCUT2D eigenvalue weighted by atomic mass is 32.2. The predicted octanol–water partition coefficient (Wildman–Crippen LogP) is 3.40. The van der Waals surface area contributed by atoms with Gasteiger partial charge in [0.15, 0.2) is 10.9 Å². The van der Waals surface area contributed by atoms with E-state index < -0.39 is 0 Å². The number of unbranched alkanes of at least 4 members (excludes halogenated alkanes) is 2. The van der Waals surface area contributed by atoms with E-state index in [-0.39, 0.29) is 17.4 Å². The molecule has 2 aromatic rings. The summed E-state index contributed by atoms with van der Waals surface area (Å²) in [7, 11) is 0. The standard InChI is InChI=1S/C17H22N4O2S/c1-3-4-5-10-21-12-18-20-17(21)24-11-16(23)19-15-8-6-14(7-9-15)13(2)22/h6-9,12H,3-5,10-11H2,1-2H3,(H,19,23). The number of hydrogen-bond donors (Lipinski definition) is 1. The van der Waals surface area contributed by atoms with Gasteiger partial charge in [0, 0.05) is 17.8 Å². The van der Waals surface area contributed by atoms with Crippen molar-refractivity contribution in [3.63, 3.8) is 0 Å². The van der Waals surface area contributed by atoms with Crippen LogP contribution in [-0.4, -0.2) is 32.2 Å². The van der Waals surface area contributed by atoms with E-state index in [0.29, 0.717) is 11.3 Å². The number of anilines is 1. The summed E-state index contributed by atoms with van der Waals surface area (Å²) in [6, 6.07) is 6.87. The molecule has 1 aromatic heterocycles. The van der Waals surface area contributed by atoms with Crippen LogP contribution in [0.5, 0.6) is 0 Å². The second-order valence-corrected chi connectivity index (χ2v) is 6.43. The van der Waals surface area contributed by atoms with E-state index in [4.69, 9.17) is 0 Å². The molecule has 24 heavy (non-hydrogen) atoms. The molecule has 0 saturated carbocycles. The first-order valence-corrected chi connectivity index (χ1v) is 9.00. The molecular formula is C17H22N4O2S. The summed E-state index contributed by atoms with van der Waals surface area (Å²) in [4.78, 5) is 23.3. The lowest BCUT2D eigenvalue weighted by Gasteiger charge is -2.07. The van der Waals surface area contributed by atoms with Gasteiger partial charge >= 0.3 is 0 Å². The Labute approximate surface area is 146 Å². The smallest absolute Gasteiger partial charge is 0.234 e. The number of aromatic nitrogens is 3. The summed E-state index contributed by atoms with van der Waals surface area (Å²) < 4.78 is 1.98. The highest BCUT2D eigenvalue weighted by molar-refractivity contribution is 7.99. The first-order chi connectivity index (χ1) is 11.6. The van der Waals surface area contributed by atoms with Crippen molar-refractivity contribution in [1.29, 1.82) is 0 Å². The molecule has 0 aliphatic rings. The highest BCUT2D eigenvalue weighted by Crippen LogP contribution is 2.17. The van der Waals surface area contributed by atoms with E-state index in [1.165, 1.54) is 25.1 Å². The normalized spacial score (nSPS) is 10.6. The molecule has 0 radical (unpaired) electrons. The summed E-state index contributed by atoms with van der Waals surface area (Å²) in [5.41, 5.74) is 1.30. The minimum absolute atomic E-state index is 0.00541. The van der Waals surface area contributed by atoms with E-state index in [0.717, 1.165) is 24.5 Å². The second kappa shape index (κ2) is 9.22. The van der Waals surface area contributed by atoms with Crippen LogP contribution in [0.25, 0.3) is 0 Å². The lowest BCUT2D eigenvalue weighted by atomic mass is 10.1. The fraction of sp³-hybridized carbons (Fsp3) is 0.412. The molecule has 2 rings (SSSR count). The zero-order valence-electron chi connectivity index (χ0n) is 14.0. The van der Waals surface area contributed by atoms with Crippen LogP contribution in [0.1, 0.15) is 43.5 Å². The van der Waals surface area contributed by atoms with Crippen molar-refractivity contribution < 1.29 is 9.59 Å². The maximum Gasteiger partial charge on any atom is 0.234 e. The molecule has 0 bridgehead atoms. The van der Waals surface area contributed by atoms with Gasteiger partial charge in [0.05, 0.1) is 5.75 Å². The second-order valence-electron chi connectivity index (χ2n) is 5.48. The number of hydrogen-bond acceptors (Lipinski definition) is 5. The Balaban J connectivity index is 1.83. The van der Waals surface area contributed by atoms with Crippen molar-refractivity contribution >= 4 is 29.1 Å². The predicted molar refractivity (Wildman–Crippen MR) is 95.3 cm³/mol. The number of Topliss-reactive ketones (excluding diaryl/α,β-unsaturated/α-hetero) is 1. The van der Waals surface area contributed by atoms with Crippen LogP contribution in [0.3, 0.4) is 0 Å². The Kier molecular flexibility index (Phi) is 6.99. The molecule has 1 N–H and O–H groups in total.